The highest BCUT2D eigenvalue weighted by atomic mass is 16.5. The molecule has 17 heavy (non-hydrogen) atoms. The lowest BCUT2D eigenvalue weighted by Crippen LogP contribution is -2.14. The number of nitrogens with zero attached hydrogens (tertiary/aromatic N) is 1. The molecule has 0 fully saturated rings. The van der Waals surface area contributed by atoms with E-state index in [1.807, 2.05) is 12.1 Å². The van der Waals surface area contributed by atoms with Gasteiger partial charge in [-0.3, -0.25) is 0 Å². The number of ether oxygens (including phenoxy) is 1. The van der Waals surface area contributed by atoms with Crippen molar-refractivity contribution < 1.29 is 4.74 Å². The van der Waals surface area contributed by atoms with Crippen LogP contribution in [0.3, 0.4) is 0 Å². The van der Waals surface area contributed by atoms with Crippen molar-refractivity contribution in [3.05, 3.63) is 18.3 Å². The van der Waals surface area contributed by atoms with Gasteiger partial charge in [0.25, 0.3) is 0 Å². The van der Waals surface area contributed by atoms with Crippen molar-refractivity contribution >= 4 is 5.82 Å². The van der Waals surface area contributed by atoms with Gasteiger partial charge in [0.15, 0.2) is 11.6 Å². The molecule has 1 rings (SSSR count). The number of rotatable bonds is 8. The van der Waals surface area contributed by atoms with E-state index in [0.717, 1.165) is 24.0 Å². The van der Waals surface area contributed by atoms with Gasteiger partial charge in [0.2, 0.25) is 0 Å². The monoisotopic (exact) mass is 236 g/mol. The Labute approximate surface area is 105 Å². The number of methoxy groups -OCH3 is 1. The molecule has 0 bridgehead atoms. The van der Waals surface area contributed by atoms with Crippen molar-refractivity contribution in [3.63, 3.8) is 0 Å². The van der Waals surface area contributed by atoms with Crippen LogP contribution in [-0.4, -0.2) is 18.6 Å². The summed E-state index contributed by atoms with van der Waals surface area (Å²) in [7, 11) is 1.68. The quantitative estimate of drug-likeness (QED) is 0.747. The minimum Gasteiger partial charge on any atom is -0.493 e. The molecule has 1 aromatic heterocycles. The Morgan fingerprint density at radius 1 is 1.41 bits per heavy atom. The number of hydrogen-bond donors (Lipinski definition) is 1. The van der Waals surface area contributed by atoms with Gasteiger partial charge < -0.3 is 10.1 Å². The fourth-order valence-electron chi connectivity index (χ4n) is 1.87. The summed E-state index contributed by atoms with van der Waals surface area (Å²) in [4.78, 5) is 4.30. The predicted molar refractivity (Wildman–Crippen MR) is 72.6 cm³/mol. The van der Waals surface area contributed by atoms with Crippen molar-refractivity contribution in [2.75, 3.05) is 19.0 Å². The Morgan fingerprint density at radius 3 is 2.88 bits per heavy atom. The van der Waals surface area contributed by atoms with Gasteiger partial charge in [0, 0.05) is 12.7 Å². The molecular formula is C14H24N2O. The standard InChI is InChI=1S/C14H24N2O/c1-4-6-8-12(5-2)11-16-14-13(17-3)9-7-10-15-14/h7,9-10,12H,4-6,8,11H2,1-3H3,(H,15,16). The summed E-state index contributed by atoms with van der Waals surface area (Å²) in [6.45, 7) is 5.46. The van der Waals surface area contributed by atoms with Crippen LogP contribution in [-0.2, 0) is 0 Å². The molecule has 0 aromatic carbocycles. The van der Waals surface area contributed by atoms with Crippen LogP contribution in [0.4, 0.5) is 5.82 Å². The highest BCUT2D eigenvalue weighted by molar-refractivity contribution is 5.49. The molecule has 0 aliphatic heterocycles. The zero-order chi connectivity index (χ0) is 12.5. The second kappa shape index (κ2) is 7.93. The van der Waals surface area contributed by atoms with E-state index in [1.54, 1.807) is 13.3 Å². The Hall–Kier alpha value is -1.25. The Morgan fingerprint density at radius 2 is 2.24 bits per heavy atom. The maximum atomic E-state index is 5.27. The van der Waals surface area contributed by atoms with Gasteiger partial charge in [-0.15, -0.1) is 0 Å². The molecule has 0 saturated heterocycles. The summed E-state index contributed by atoms with van der Waals surface area (Å²) < 4.78 is 5.27. The van der Waals surface area contributed by atoms with Gasteiger partial charge in [-0.1, -0.05) is 33.1 Å². The zero-order valence-electron chi connectivity index (χ0n) is 11.2. The molecule has 0 radical (unpaired) electrons. The lowest BCUT2D eigenvalue weighted by atomic mass is 9.99. The Kier molecular flexibility index (Phi) is 6.45. The number of anilines is 1. The number of hydrogen-bond acceptors (Lipinski definition) is 3. The van der Waals surface area contributed by atoms with E-state index >= 15 is 0 Å². The van der Waals surface area contributed by atoms with E-state index in [4.69, 9.17) is 4.74 Å². The summed E-state index contributed by atoms with van der Waals surface area (Å²) in [5, 5.41) is 3.39. The van der Waals surface area contributed by atoms with Crippen LogP contribution in [0.2, 0.25) is 0 Å². The SMILES string of the molecule is CCCCC(CC)CNc1ncccc1OC. The van der Waals surface area contributed by atoms with Crippen LogP contribution in [0.5, 0.6) is 5.75 Å². The number of pyridine rings is 1. The summed E-state index contributed by atoms with van der Waals surface area (Å²) in [6.07, 6.45) is 6.86. The molecule has 0 aliphatic rings. The van der Waals surface area contributed by atoms with Gasteiger partial charge in [0.05, 0.1) is 7.11 Å². The number of aromatic nitrogens is 1. The maximum Gasteiger partial charge on any atom is 0.168 e. The third-order valence-corrected chi connectivity index (χ3v) is 3.09. The number of unbranched alkanes of at least 4 members (excludes halogenated alkanes) is 1. The summed E-state index contributed by atoms with van der Waals surface area (Å²) in [5.41, 5.74) is 0. The zero-order valence-corrected chi connectivity index (χ0v) is 11.2. The Balaban J connectivity index is 2.47. The van der Waals surface area contributed by atoms with Gasteiger partial charge in [0.1, 0.15) is 0 Å². The van der Waals surface area contributed by atoms with Crippen LogP contribution >= 0.6 is 0 Å². The largest absolute Gasteiger partial charge is 0.493 e. The first-order valence-corrected chi connectivity index (χ1v) is 6.54. The minimum absolute atomic E-state index is 0.724. The van der Waals surface area contributed by atoms with E-state index in [9.17, 15) is 0 Å². The van der Waals surface area contributed by atoms with Crippen LogP contribution in [0.1, 0.15) is 39.5 Å². The lowest BCUT2D eigenvalue weighted by Gasteiger charge is -2.16. The number of nitrogens with one attached hydrogen (secondary N) is 1. The molecule has 0 saturated carbocycles. The molecule has 1 atom stereocenters. The van der Waals surface area contributed by atoms with E-state index in [1.165, 1.54) is 25.7 Å². The second-order valence-corrected chi connectivity index (χ2v) is 4.35. The van der Waals surface area contributed by atoms with Gasteiger partial charge in [-0.2, -0.15) is 0 Å². The molecule has 1 unspecified atom stereocenters. The van der Waals surface area contributed by atoms with E-state index in [-0.39, 0.29) is 0 Å². The first kappa shape index (κ1) is 13.8. The normalized spacial score (nSPS) is 12.2. The molecule has 3 nitrogen and oxygen atoms in total. The minimum atomic E-state index is 0.724. The fourth-order valence-corrected chi connectivity index (χ4v) is 1.87. The maximum absolute atomic E-state index is 5.27. The topological polar surface area (TPSA) is 34.2 Å². The molecule has 3 heteroatoms. The van der Waals surface area contributed by atoms with E-state index in [2.05, 4.69) is 24.1 Å². The second-order valence-electron chi connectivity index (χ2n) is 4.35. The van der Waals surface area contributed by atoms with Crippen molar-refractivity contribution in [3.8, 4) is 5.75 Å². The smallest absolute Gasteiger partial charge is 0.168 e. The molecular weight excluding hydrogens is 212 g/mol. The van der Waals surface area contributed by atoms with Crippen molar-refractivity contribution in [1.82, 2.24) is 4.98 Å². The molecule has 1 aromatic rings. The van der Waals surface area contributed by atoms with Crippen LogP contribution in [0.15, 0.2) is 18.3 Å². The average Bonchev–Trinajstić information content (AvgIpc) is 2.39. The van der Waals surface area contributed by atoms with Crippen LogP contribution in [0, 0.1) is 5.92 Å². The third-order valence-electron chi connectivity index (χ3n) is 3.09. The van der Waals surface area contributed by atoms with E-state index < -0.39 is 0 Å². The third kappa shape index (κ3) is 4.63. The average molecular weight is 236 g/mol. The molecule has 1 heterocycles. The first-order valence-electron chi connectivity index (χ1n) is 6.54. The molecule has 96 valence electrons. The highest BCUT2D eigenvalue weighted by Crippen LogP contribution is 2.21. The van der Waals surface area contributed by atoms with Crippen LogP contribution in [0.25, 0.3) is 0 Å². The van der Waals surface area contributed by atoms with E-state index in [0.29, 0.717) is 0 Å². The van der Waals surface area contributed by atoms with Gasteiger partial charge >= 0.3 is 0 Å². The predicted octanol–water partition coefficient (Wildman–Crippen LogP) is 3.72. The lowest BCUT2D eigenvalue weighted by molar-refractivity contribution is 0.413. The first-order chi connectivity index (χ1) is 8.31. The molecule has 1 N–H and O–H groups in total. The van der Waals surface area contributed by atoms with Crippen molar-refractivity contribution in [2.45, 2.75) is 39.5 Å². The van der Waals surface area contributed by atoms with Crippen molar-refractivity contribution in [1.29, 1.82) is 0 Å². The summed E-state index contributed by atoms with van der Waals surface area (Å²) in [5.74, 6) is 2.39. The van der Waals surface area contributed by atoms with Crippen LogP contribution < -0.4 is 10.1 Å². The van der Waals surface area contributed by atoms with Crippen molar-refractivity contribution in [2.24, 2.45) is 5.92 Å². The molecule has 0 aliphatic carbocycles. The van der Waals surface area contributed by atoms with Gasteiger partial charge in [-0.25, -0.2) is 4.98 Å². The summed E-state index contributed by atoms with van der Waals surface area (Å²) in [6, 6.07) is 3.82. The summed E-state index contributed by atoms with van der Waals surface area (Å²) >= 11 is 0. The fraction of sp³-hybridized carbons (Fsp3) is 0.643. The molecule has 0 spiro atoms. The highest BCUT2D eigenvalue weighted by Gasteiger charge is 2.08. The Bertz CT molecular complexity index is 315. The molecule has 0 amide bonds. The van der Waals surface area contributed by atoms with Gasteiger partial charge in [-0.05, 0) is 24.5 Å².